The molecule has 0 amide bonds. The number of ether oxygens (including phenoxy) is 2. The van der Waals surface area contributed by atoms with Crippen molar-refractivity contribution in [3.63, 3.8) is 0 Å². The van der Waals surface area contributed by atoms with Crippen molar-refractivity contribution in [2.45, 2.75) is 6.92 Å². The standard InChI is InChI=1S/C5H9O2/c1-5-2-6-4-7-3-5/h2-4H2,1H3. The second kappa shape index (κ2) is 2.28. The van der Waals surface area contributed by atoms with E-state index < -0.39 is 0 Å². The first-order valence-corrected chi connectivity index (χ1v) is 2.36. The summed E-state index contributed by atoms with van der Waals surface area (Å²) in [6.07, 6.45) is 0. The Morgan fingerprint density at radius 1 is 1.29 bits per heavy atom. The molecule has 0 aromatic carbocycles. The van der Waals surface area contributed by atoms with Gasteiger partial charge < -0.3 is 9.47 Å². The largest absolute Gasteiger partial charge is 0.355 e. The molecule has 2 heteroatoms. The third-order valence-electron chi connectivity index (χ3n) is 0.864. The van der Waals surface area contributed by atoms with Gasteiger partial charge >= 0.3 is 0 Å². The van der Waals surface area contributed by atoms with Crippen LogP contribution in [0.2, 0.25) is 0 Å². The highest BCUT2D eigenvalue weighted by Crippen LogP contribution is 2.04. The molecule has 0 aromatic rings. The van der Waals surface area contributed by atoms with E-state index in [2.05, 4.69) is 0 Å². The molecule has 1 radical (unpaired) electrons. The van der Waals surface area contributed by atoms with Gasteiger partial charge in [0.25, 0.3) is 0 Å². The molecule has 0 N–H and O–H groups in total. The summed E-state index contributed by atoms with van der Waals surface area (Å²) in [6.45, 7) is 4.05. The van der Waals surface area contributed by atoms with Gasteiger partial charge in [0.15, 0.2) is 0 Å². The fraction of sp³-hybridized carbons (Fsp3) is 0.800. The predicted octanol–water partition coefficient (Wildman–Crippen LogP) is 0.585. The Kier molecular flexibility index (Phi) is 1.65. The average Bonchev–Trinajstić information content (AvgIpc) is 1.69. The van der Waals surface area contributed by atoms with Crippen LogP contribution in [0.1, 0.15) is 6.92 Å². The molecule has 1 rings (SSSR count). The molecule has 1 aliphatic rings. The van der Waals surface area contributed by atoms with Crippen LogP contribution in [-0.2, 0) is 9.47 Å². The third kappa shape index (κ3) is 1.45. The molecule has 1 heterocycles. The first-order chi connectivity index (χ1) is 3.39. The zero-order valence-corrected chi connectivity index (χ0v) is 4.44. The molecule has 0 bridgehead atoms. The van der Waals surface area contributed by atoms with Gasteiger partial charge in [0.05, 0.1) is 13.2 Å². The Balaban J connectivity index is 2.12. The van der Waals surface area contributed by atoms with Gasteiger partial charge in [-0.3, -0.25) is 0 Å². The summed E-state index contributed by atoms with van der Waals surface area (Å²) >= 11 is 0. The lowest BCUT2D eigenvalue weighted by Gasteiger charge is -2.16. The predicted molar refractivity (Wildman–Crippen MR) is 25.7 cm³/mol. The van der Waals surface area contributed by atoms with Crippen molar-refractivity contribution in [2.24, 2.45) is 0 Å². The van der Waals surface area contributed by atoms with E-state index in [0.717, 1.165) is 13.2 Å². The van der Waals surface area contributed by atoms with Crippen molar-refractivity contribution in [3.05, 3.63) is 5.92 Å². The van der Waals surface area contributed by atoms with Crippen LogP contribution in [0.4, 0.5) is 0 Å². The average molecular weight is 101 g/mol. The number of rotatable bonds is 0. The number of hydrogen-bond acceptors (Lipinski definition) is 2. The van der Waals surface area contributed by atoms with Gasteiger partial charge in [0, 0.05) is 5.92 Å². The lowest BCUT2D eigenvalue weighted by Crippen LogP contribution is -2.19. The molecule has 1 saturated heterocycles. The minimum Gasteiger partial charge on any atom is -0.355 e. The fourth-order valence-corrected chi connectivity index (χ4v) is 0.532. The molecule has 1 aliphatic heterocycles. The van der Waals surface area contributed by atoms with Gasteiger partial charge in [-0.05, 0) is 0 Å². The van der Waals surface area contributed by atoms with E-state index in [1.165, 1.54) is 5.92 Å². The van der Waals surface area contributed by atoms with E-state index in [9.17, 15) is 0 Å². The van der Waals surface area contributed by atoms with Crippen LogP contribution in [0, 0.1) is 5.92 Å². The highest BCUT2D eigenvalue weighted by molar-refractivity contribution is 4.84. The SMILES string of the molecule is C[C]1COCOC1. The van der Waals surface area contributed by atoms with E-state index >= 15 is 0 Å². The summed E-state index contributed by atoms with van der Waals surface area (Å²) in [5, 5.41) is 0. The van der Waals surface area contributed by atoms with Crippen LogP contribution in [0.25, 0.3) is 0 Å². The molecule has 0 saturated carbocycles. The highest BCUT2D eigenvalue weighted by Gasteiger charge is 2.07. The molecule has 1 fully saturated rings. The second-order valence-electron chi connectivity index (χ2n) is 1.77. The number of hydrogen-bond donors (Lipinski definition) is 0. The molecule has 0 atom stereocenters. The molecule has 0 spiro atoms. The fourth-order valence-electron chi connectivity index (χ4n) is 0.532. The third-order valence-corrected chi connectivity index (χ3v) is 0.864. The summed E-state index contributed by atoms with van der Waals surface area (Å²) < 4.78 is 9.84. The first-order valence-electron chi connectivity index (χ1n) is 2.36. The summed E-state index contributed by atoms with van der Waals surface area (Å²) in [5.41, 5.74) is 0. The van der Waals surface area contributed by atoms with Crippen LogP contribution < -0.4 is 0 Å². The van der Waals surface area contributed by atoms with Crippen molar-refractivity contribution < 1.29 is 9.47 Å². The minimum absolute atomic E-state index is 0.470. The Bertz CT molecular complexity index is 48.0. The van der Waals surface area contributed by atoms with Crippen molar-refractivity contribution in [1.29, 1.82) is 0 Å². The smallest absolute Gasteiger partial charge is 0.146 e. The molecule has 0 aliphatic carbocycles. The molecular weight excluding hydrogens is 92.1 g/mol. The van der Waals surface area contributed by atoms with Crippen LogP contribution >= 0.6 is 0 Å². The first kappa shape index (κ1) is 5.06. The van der Waals surface area contributed by atoms with Gasteiger partial charge in [-0.25, -0.2) is 0 Å². The van der Waals surface area contributed by atoms with E-state index in [1.807, 2.05) is 6.92 Å². The highest BCUT2D eigenvalue weighted by atomic mass is 16.7. The monoisotopic (exact) mass is 101 g/mol. The van der Waals surface area contributed by atoms with Gasteiger partial charge in [-0.2, -0.15) is 0 Å². The van der Waals surface area contributed by atoms with Crippen LogP contribution in [-0.4, -0.2) is 20.0 Å². The van der Waals surface area contributed by atoms with Crippen molar-refractivity contribution in [2.75, 3.05) is 20.0 Å². The normalized spacial score (nSPS) is 25.3. The zero-order chi connectivity index (χ0) is 5.11. The molecule has 0 aromatic heterocycles. The van der Waals surface area contributed by atoms with Gasteiger partial charge in [0.1, 0.15) is 6.79 Å². The Hall–Kier alpha value is -0.0800. The van der Waals surface area contributed by atoms with Gasteiger partial charge in [0.2, 0.25) is 0 Å². The topological polar surface area (TPSA) is 18.5 Å². The molecular formula is C5H9O2. The maximum atomic E-state index is 4.92. The van der Waals surface area contributed by atoms with E-state index in [4.69, 9.17) is 9.47 Å². The quantitative estimate of drug-likeness (QED) is 0.444. The van der Waals surface area contributed by atoms with E-state index in [0.29, 0.717) is 6.79 Å². The van der Waals surface area contributed by atoms with Crippen molar-refractivity contribution in [1.82, 2.24) is 0 Å². The van der Waals surface area contributed by atoms with Gasteiger partial charge in [-0.1, -0.05) is 6.92 Å². The van der Waals surface area contributed by atoms with Crippen LogP contribution in [0.5, 0.6) is 0 Å². The molecule has 7 heavy (non-hydrogen) atoms. The summed E-state index contributed by atoms with van der Waals surface area (Å²) in [4.78, 5) is 0. The lowest BCUT2D eigenvalue weighted by molar-refractivity contribution is -0.0829. The van der Waals surface area contributed by atoms with E-state index in [-0.39, 0.29) is 0 Å². The maximum Gasteiger partial charge on any atom is 0.146 e. The minimum atomic E-state index is 0.470. The zero-order valence-electron chi connectivity index (χ0n) is 4.44. The molecule has 2 nitrogen and oxygen atoms in total. The Labute approximate surface area is 43.4 Å². The van der Waals surface area contributed by atoms with Crippen LogP contribution in [0.15, 0.2) is 0 Å². The molecule has 0 unspecified atom stereocenters. The van der Waals surface area contributed by atoms with Crippen molar-refractivity contribution in [3.8, 4) is 0 Å². The summed E-state index contributed by atoms with van der Waals surface area (Å²) in [7, 11) is 0. The van der Waals surface area contributed by atoms with Crippen LogP contribution in [0.3, 0.4) is 0 Å². The summed E-state index contributed by atoms with van der Waals surface area (Å²) in [6, 6.07) is 0. The maximum absolute atomic E-state index is 4.92. The lowest BCUT2D eigenvalue weighted by atomic mass is 10.2. The van der Waals surface area contributed by atoms with Crippen molar-refractivity contribution >= 4 is 0 Å². The second-order valence-corrected chi connectivity index (χ2v) is 1.77. The summed E-state index contributed by atoms with van der Waals surface area (Å²) in [5.74, 6) is 1.27. The van der Waals surface area contributed by atoms with Gasteiger partial charge in [-0.15, -0.1) is 0 Å². The Morgan fingerprint density at radius 3 is 2.14 bits per heavy atom. The Morgan fingerprint density at radius 2 is 1.86 bits per heavy atom. The molecule has 41 valence electrons. The van der Waals surface area contributed by atoms with E-state index in [1.54, 1.807) is 0 Å².